The molecule has 0 aliphatic heterocycles. The fourth-order valence-electron chi connectivity index (χ4n) is 2.45. The fourth-order valence-corrected chi connectivity index (χ4v) is 2.45. The average molecular weight is 325 g/mol. The first-order chi connectivity index (χ1) is 11.7. The van der Waals surface area contributed by atoms with Crippen molar-refractivity contribution < 1.29 is 13.5 Å². The van der Waals surface area contributed by atoms with Gasteiger partial charge in [0.05, 0.1) is 0 Å². The van der Waals surface area contributed by atoms with Crippen LogP contribution in [0.4, 0.5) is 8.78 Å². The van der Waals surface area contributed by atoms with E-state index in [1.54, 1.807) is 0 Å². The summed E-state index contributed by atoms with van der Waals surface area (Å²) in [4.78, 5) is 0. The highest BCUT2D eigenvalue weighted by Gasteiger charge is 2.11. The monoisotopic (exact) mass is 325 g/mol. The molecule has 0 spiro atoms. The van der Waals surface area contributed by atoms with Crippen LogP contribution in [0.3, 0.4) is 0 Å². The first kappa shape index (κ1) is 16.1. The van der Waals surface area contributed by atoms with E-state index in [1.165, 1.54) is 12.1 Å². The van der Waals surface area contributed by atoms with Crippen molar-refractivity contribution in [3.8, 4) is 16.9 Å². The molecule has 2 N–H and O–H groups in total. The van der Waals surface area contributed by atoms with Gasteiger partial charge in [-0.1, -0.05) is 48.5 Å². The Morgan fingerprint density at radius 1 is 0.792 bits per heavy atom. The highest BCUT2D eigenvalue weighted by molar-refractivity contribution is 5.71. The summed E-state index contributed by atoms with van der Waals surface area (Å²) in [5.41, 5.74) is 8.87. The molecule has 2 nitrogen and oxygen atoms in total. The molecule has 24 heavy (non-hydrogen) atoms. The summed E-state index contributed by atoms with van der Waals surface area (Å²) in [5.74, 6) is -1.17. The van der Waals surface area contributed by atoms with Gasteiger partial charge in [0.15, 0.2) is 11.6 Å². The molecule has 4 heteroatoms. The Bertz CT molecular complexity index is 834. The Morgan fingerprint density at radius 2 is 1.58 bits per heavy atom. The molecule has 0 bridgehead atoms. The van der Waals surface area contributed by atoms with Gasteiger partial charge in [-0.2, -0.15) is 0 Å². The third-order valence-electron chi connectivity index (χ3n) is 3.75. The van der Waals surface area contributed by atoms with Crippen LogP contribution in [0.15, 0.2) is 66.7 Å². The molecule has 0 saturated heterocycles. The molecular weight excluding hydrogens is 308 g/mol. The van der Waals surface area contributed by atoms with E-state index in [-0.39, 0.29) is 0 Å². The van der Waals surface area contributed by atoms with Gasteiger partial charge >= 0.3 is 0 Å². The molecule has 0 heterocycles. The fraction of sp³-hybridized carbons (Fsp3) is 0.100. The molecule has 0 unspecified atom stereocenters. The second-order valence-electron chi connectivity index (χ2n) is 5.44. The number of benzene rings is 3. The number of halogens is 2. The largest absolute Gasteiger partial charge is 0.488 e. The average Bonchev–Trinajstić information content (AvgIpc) is 2.63. The maximum Gasteiger partial charge on any atom is 0.159 e. The Kier molecular flexibility index (Phi) is 4.87. The SMILES string of the molecule is NCc1ccc(-c2ccc(F)c(F)c2)c(OCc2ccccc2)c1. The first-order valence-electron chi connectivity index (χ1n) is 7.62. The van der Waals surface area contributed by atoms with Gasteiger partial charge in [-0.15, -0.1) is 0 Å². The Labute approximate surface area is 139 Å². The summed E-state index contributed by atoms with van der Waals surface area (Å²) in [6.07, 6.45) is 0. The van der Waals surface area contributed by atoms with Crippen LogP contribution in [0.1, 0.15) is 11.1 Å². The minimum absolute atomic E-state index is 0.375. The molecule has 3 aromatic carbocycles. The molecular formula is C20H17F2NO. The lowest BCUT2D eigenvalue weighted by Gasteiger charge is -2.14. The molecule has 0 fully saturated rings. The minimum Gasteiger partial charge on any atom is -0.488 e. The van der Waals surface area contributed by atoms with Crippen LogP contribution >= 0.6 is 0 Å². The third kappa shape index (κ3) is 3.60. The third-order valence-corrected chi connectivity index (χ3v) is 3.75. The molecule has 0 aliphatic carbocycles. The van der Waals surface area contributed by atoms with Crippen molar-refractivity contribution in [2.45, 2.75) is 13.2 Å². The Hall–Kier alpha value is -2.72. The van der Waals surface area contributed by atoms with Gasteiger partial charge < -0.3 is 10.5 Å². The summed E-state index contributed by atoms with van der Waals surface area (Å²) in [7, 11) is 0. The first-order valence-corrected chi connectivity index (χ1v) is 7.62. The molecule has 0 aromatic heterocycles. The van der Waals surface area contributed by atoms with Gasteiger partial charge in [-0.25, -0.2) is 8.78 Å². The lowest BCUT2D eigenvalue weighted by atomic mass is 10.0. The Morgan fingerprint density at radius 3 is 2.29 bits per heavy atom. The molecule has 3 aromatic rings. The van der Waals surface area contributed by atoms with Crippen LogP contribution in [0.2, 0.25) is 0 Å². The van der Waals surface area contributed by atoms with Crippen LogP contribution in [-0.2, 0) is 13.2 Å². The van der Waals surface area contributed by atoms with Crippen molar-refractivity contribution >= 4 is 0 Å². The Balaban J connectivity index is 1.94. The van der Waals surface area contributed by atoms with E-state index in [0.717, 1.165) is 17.2 Å². The second-order valence-corrected chi connectivity index (χ2v) is 5.44. The summed E-state index contributed by atoms with van der Waals surface area (Å²) < 4.78 is 32.7. The van der Waals surface area contributed by atoms with Gasteiger partial charge in [0, 0.05) is 12.1 Å². The molecule has 0 amide bonds. The van der Waals surface area contributed by atoms with E-state index in [0.29, 0.717) is 30.0 Å². The van der Waals surface area contributed by atoms with E-state index in [1.807, 2.05) is 48.5 Å². The maximum atomic E-state index is 13.6. The number of ether oxygens (including phenoxy) is 1. The van der Waals surface area contributed by atoms with Crippen molar-refractivity contribution in [3.05, 3.63) is 89.5 Å². The lowest BCUT2D eigenvalue weighted by Crippen LogP contribution is -2.01. The van der Waals surface area contributed by atoms with Gasteiger partial charge in [0.25, 0.3) is 0 Å². The van der Waals surface area contributed by atoms with Crippen LogP contribution in [0.5, 0.6) is 5.75 Å². The number of nitrogens with two attached hydrogens (primary N) is 1. The van der Waals surface area contributed by atoms with Gasteiger partial charge in [0.1, 0.15) is 12.4 Å². The highest BCUT2D eigenvalue weighted by atomic mass is 19.2. The normalized spacial score (nSPS) is 10.6. The van der Waals surface area contributed by atoms with E-state index in [2.05, 4.69) is 0 Å². The van der Waals surface area contributed by atoms with Crippen molar-refractivity contribution in [2.24, 2.45) is 5.73 Å². The van der Waals surface area contributed by atoms with Crippen LogP contribution in [-0.4, -0.2) is 0 Å². The smallest absolute Gasteiger partial charge is 0.159 e. The minimum atomic E-state index is -0.885. The molecule has 0 aliphatic rings. The van der Waals surface area contributed by atoms with Crippen LogP contribution < -0.4 is 10.5 Å². The number of rotatable bonds is 5. The predicted molar refractivity (Wildman–Crippen MR) is 90.5 cm³/mol. The van der Waals surface area contributed by atoms with Crippen molar-refractivity contribution in [3.63, 3.8) is 0 Å². The molecule has 122 valence electrons. The summed E-state index contributed by atoms with van der Waals surface area (Å²) in [6, 6.07) is 19.0. The van der Waals surface area contributed by atoms with Crippen LogP contribution in [0, 0.1) is 11.6 Å². The van der Waals surface area contributed by atoms with E-state index in [4.69, 9.17) is 10.5 Å². The van der Waals surface area contributed by atoms with Gasteiger partial charge in [0.2, 0.25) is 0 Å². The maximum absolute atomic E-state index is 13.6. The van der Waals surface area contributed by atoms with E-state index < -0.39 is 11.6 Å². The van der Waals surface area contributed by atoms with Crippen LogP contribution in [0.25, 0.3) is 11.1 Å². The highest BCUT2D eigenvalue weighted by Crippen LogP contribution is 2.32. The quantitative estimate of drug-likeness (QED) is 0.740. The molecule has 0 saturated carbocycles. The van der Waals surface area contributed by atoms with E-state index in [9.17, 15) is 8.78 Å². The molecule has 3 rings (SSSR count). The second kappa shape index (κ2) is 7.23. The summed E-state index contributed by atoms with van der Waals surface area (Å²) >= 11 is 0. The molecule has 0 radical (unpaired) electrons. The summed E-state index contributed by atoms with van der Waals surface area (Å²) in [5, 5.41) is 0. The number of hydrogen-bond donors (Lipinski definition) is 1. The molecule has 0 atom stereocenters. The summed E-state index contributed by atoms with van der Waals surface area (Å²) in [6.45, 7) is 0.755. The van der Waals surface area contributed by atoms with Crippen molar-refractivity contribution in [1.29, 1.82) is 0 Å². The van der Waals surface area contributed by atoms with E-state index >= 15 is 0 Å². The standard InChI is InChI=1S/C20H17F2NO/c21-18-9-7-16(11-19(18)22)17-8-6-15(12-23)10-20(17)24-13-14-4-2-1-3-5-14/h1-11H,12-13,23H2. The lowest BCUT2D eigenvalue weighted by molar-refractivity contribution is 0.307. The van der Waals surface area contributed by atoms with Gasteiger partial charge in [-0.3, -0.25) is 0 Å². The zero-order valence-electron chi connectivity index (χ0n) is 13.0. The van der Waals surface area contributed by atoms with Gasteiger partial charge in [-0.05, 0) is 34.9 Å². The number of hydrogen-bond acceptors (Lipinski definition) is 2. The topological polar surface area (TPSA) is 35.2 Å². The zero-order valence-corrected chi connectivity index (χ0v) is 13.0. The van der Waals surface area contributed by atoms with Crippen molar-refractivity contribution in [1.82, 2.24) is 0 Å². The zero-order chi connectivity index (χ0) is 16.9. The van der Waals surface area contributed by atoms with Crippen molar-refractivity contribution in [2.75, 3.05) is 0 Å². The predicted octanol–water partition coefficient (Wildman–Crippen LogP) is 4.67.